The maximum Gasteiger partial charge on any atom is 1.00 e. The van der Waals surface area contributed by atoms with Gasteiger partial charge in [-0.15, -0.1) is 11.3 Å². The Balaban J connectivity index is 0.00000420. The van der Waals surface area contributed by atoms with Crippen LogP contribution < -0.4 is 34.5 Å². The third-order valence-corrected chi connectivity index (χ3v) is 5.74. The van der Waals surface area contributed by atoms with Crippen molar-refractivity contribution in [2.45, 2.75) is 53.1 Å². The smallest absolute Gasteiger partial charge is 1.00 e. The second-order valence-corrected chi connectivity index (χ2v) is 9.01. The van der Waals surface area contributed by atoms with E-state index in [-0.39, 0.29) is 48.9 Å². The molecule has 1 aliphatic heterocycles. The van der Waals surface area contributed by atoms with Gasteiger partial charge in [0, 0.05) is 26.6 Å². The molecule has 1 aromatic rings. The molecule has 29 heavy (non-hydrogen) atoms. The van der Waals surface area contributed by atoms with Crippen molar-refractivity contribution >= 4 is 35.0 Å². The van der Waals surface area contributed by atoms with Crippen molar-refractivity contribution in [1.29, 1.82) is 0 Å². The van der Waals surface area contributed by atoms with Gasteiger partial charge in [0.1, 0.15) is 10.5 Å². The number of ether oxygens (including phenoxy) is 2. The van der Waals surface area contributed by atoms with Gasteiger partial charge < -0.3 is 20.7 Å². The third-order valence-electron chi connectivity index (χ3n) is 4.67. The van der Waals surface area contributed by atoms with Crippen LogP contribution >= 0.6 is 11.3 Å². The quantitative estimate of drug-likeness (QED) is 0.521. The normalized spacial score (nSPS) is 14.8. The molecule has 1 aliphatic rings. The standard InChI is InChI=1S/C20H30N2O5S.Na.H/c1-13-12-28-17(18(24)26-6)16(13)22(14(2)23)11-15-7-9-21(10-8-15)19(25)27-20(3,4)5;;/h12,15H,7-11H2,1-6H3;;/q;+1;-1. The number of likely N-dealkylation sites (tertiary alicyclic amines) is 1. The minimum Gasteiger partial charge on any atom is -1.00 e. The Labute approximate surface area is 200 Å². The van der Waals surface area contributed by atoms with Crippen LogP contribution in [0.3, 0.4) is 0 Å². The Kier molecular flexibility index (Phi) is 9.66. The molecule has 0 bridgehead atoms. The van der Waals surface area contributed by atoms with Crippen molar-refractivity contribution in [3.63, 3.8) is 0 Å². The van der Waals surface area contributed by atoms with Crippen LogP contribution in [-0.4, -0.2) is 55.2 Å². The number of carbonyl (C=O) groups excluding carboxylic acids is 3. The van der Waals surface area contributed by atoms with Gasteiger partial charge in [-0.2, -0.15) is 0 Å². The zero-order chi connectivity index (χ0) is 21.1. The molecule has 2 rings (SSSR count). The molecule has 9 heteroatoms. The van der Waals surface area contributed by atoms with E-state index in [0.29, 0.717) is 30.2 Å². The van der Waals surface area contributed by atoms with Gasteiger partial charge in [-0.25, -0.2) is 9.59 Å². The molecule has 1 saturated heterocycles. The predicted molar refractivity (Wildman–Crippen MR) is 110 cm³/mol. The van der Waals surface area contributed by atoms with E-state index in [2.05, 4.69) is 0 Å². The van der Waals surface area contributed by atoms with Crippen LogP contribution in [0.5, 0.6) is 0 Å². The summed E-state index contributed by atoms with van der Waals surface area (Å²) >= 11 is 1.29. The number of aryl methyl sites for hydroxylation is 1. The maximum absolute atomic E-state index is 12.4. The molecule has 0 aliphatic carbocycles. The van der Waals surface area contributed by atoms with Crippen molar-refractivity contribution in [3.8, 4) is 0 Å². The SMILES string of the molecule is COC(=O)c1scc(C)c1N(CC1CCN(C(=O)OC(C)(C)C)CC1)C(C)=O.[H-].[Na+]. The van der Waals surface area contributed by atoms with E-state index in [1.807, 2.05) is 33.1 Å². The van der Waals surface area contributed by atoms with E-state index in [9.17, 15) is 14.4 Å². The van der Waals surface area contributed by atoms with E-state index in [0.717, 1.165) is 18.4 Å². The molecule has 7 nitrogen and oxygen atoms in total. The zero-order valence-corrected chi connectivity index (χ0v) is 21.4. The summed E-state index contributed by atoms with van der Waals surface area (Å²) in [5.41, 5.74) is 1.01. The average molecular weight is 435 g/mol. The number of thiophene rings is 1. The first kappa shape index (κ1) is 25.9. The summed E-state index contributed by atoms with van der Waals surface area (Å²) in [6.45, 7) is 10.7. The number of nitrogens with zero attached hydrogens (tertiary/aromatic N) is 2. The third kappa shape index (κ3) is 6.98. The van der Waals surface area contributed by atoms with Crippen LogP contribution in [-0.2, 0) is 14.3 Å². The van der Waals surface area contributed by atoms with E-state index in [1.54, 1.807) is 9.80 Å². The van der Waals surface area contributed by atoms with Crippen LogP contribution in [0.1, 0.15) is 57.2 Å². The molecule has 0 radical (unpaired) electrons. The summed E-state index contributed by atoms with van der Waals surface area (Å²) in [5.74, 6) is -0.298. The van der Waals surface area contributed by atoms with Crippen molar-refractivity contribution in [2.24, 2.45) is 5.92 Å². The first-order valence-electron chi connectivity index (χ1n) is 9.46. The number of amides is 2. The number of piperidine rings is 1. The summed E-state index contributed by atoms with van der Waals surface area (Å²) in [6.07, 6.45) is 1.26. The molecule has 2 amide bonds. The first-order chi connectivity index (χ1) is 13.0. The van der Waals surface area contributed by atoms with Crippen LogP contribution in [0.4, 0.5) is 10.5 Å². The fraction of sp³-hybridized carbons (Fsp3) is 0.650. The van der Waals surface area contributed by atoms with E-state index < -0.39 is 11.6 Å². The second kappa shape index (κ2) is 10.8. The molecular weight excluding hydrogens is 403 g/mol. The Morgan fingerprint density at radius 1 is 1.28 bits per heavy atom. The number of esters is 1. The van der Waals surface area contributed by atoms with Gasteiger partial charge in [0.25, 0.3) is 0 Å². The number of rotatable bonds is 4. The van der Waals surface area contributed by atoms with Crippen LogP contribution in [0.15, 0.2) is 5.38 Å². The minimum absolute atomic E-state index is 0. The van der Waals surface area contributed by atoms with Crippen molar-refractivity contribution in [2.75, 3.05) is 31.6 Å². The summed E-state index contributed by atoms with van der Waals surface area (Å²) < 4.78 is 10.3. The first-order valence-corrected chi connectivity index (χ1v) is 10.3. The van der Waals surface area contributed by atoms with Gasteiger partial charge in [0.2, 0.25) is 5.91 Å². The van der Waals surface area contributed by atoms with Crippen molar-refractivity contribution < 1.29 is 54.8 Å². The Morgan fingerprint density at radius 3 is 2.34 bits per heavy atom. The largest absolute Gasteiger partial charge is 1.00 e. The van der Waals surface area contributed by atoms with Gasteiger partial charge >= 0.3 is 41.6 Å². The van der Waals surface area contributed by atoms with Gasteiger partial charge in [-0.1, -0.05) is 0 Å². The van der Waals surface area contributed by atoms with Gasteiger partial charge in [0.05, 0.1) is 12.8 Å². The molecule has 0 aromatic carbocycles. The Bertz CT molecular complexity index is 742. The van der Waals surface area contributed by atoms with Gasteiger partial charge in [0.15, 0.2) is 0 Å². The Morgan fingerprint density at radius 2 is 1.86 bits per heavy atom. The number of carbonyl (C=O) groups is 3. The number of hydrogen-bond acceptors (Lipinski definition) is 6. The van der Waals surface area contributed by atoms with E-state index in [4.69, 9.17) is 9.47 Å². The number of methoxy groups -OCH3 is 1. The van der Waals surface area contributed by atoms with E-state index in [1.165, 1.54) is 25.4 Å². The fourth-order valence-corrected chi connectivity index (χ4v) is 4.24. The molecule has 2 heterocycles. The summed E-state index contributed by atoms with van der Waals surface area (Å²) in [7, 11) is 1.34. The summed E-state index contributed by atoms with van der Waals surface area (Å²) in [6, 6.07) is 0. The monoisotopic (exact) mass is 434 g/mol. The predicted octanol–water partition coefficient (Wildman–Crippen LogP) is 0.960. The van der Waals surface area contributed by atoms with Gasteiger partial charge in [-0.3, -0.25) is 4.79 Å². The maximum atomic E-state index is 12.4. The number of anilines is 1. The molecule has 0 spiro atoms. The Hall–Kier alpha value is -1.09. The van der Waals surface area contributed by atoms with Crippen molar-refractivity contribution in [3.05, 3.63) is 15.8 Å². The van der Waals surface area contributed by atoms with Crippen LogP contribution in [0, 0.1) is 12.8 Å². The van der Waals surface area contributed by atoms with Crippen molar-refractivity contribution in [1.82, 2.24) is 4.90 Å². The topological polar surface area (TPSA) is 76.2 Å². The molecule has 0 saturated carbocycles. The summed E-state index contributed by atoms with van der Waals surface area (Å²) in [5, 5.41) is 1.86. The molecule has 158 valence electrons. The molecule has 0 atom stereocenters. The second-order valence-electron chi connectivity index (χ2n) is 8.13. The average Bonchev–Trinajstić information content (AvgIpc) is 2.99. The zero-order valence-electron chi connectivity index (χ0n) is 19.5. The summed E-state index contributed by atoms with van der Waals surface area (Å²) in [4.78, 5) is 40.5. The van der Waals surface area contributed by atoms with Gasteiger partial charge in [-0.05, 0) is 57.4 Å². The molecule has 0 unspecified atom stereocenters. The van der Waals surface area contributed by atoms with Crippen LogP contribution in [0.2, 0.25) is 0 Å². The molecular formula is C20H31N2NaO5S. The molecule has 1 aromatic heterocycles. The molecule has 1 fully saturated rings. The molecule has 0 N–H and O–H groups in total. The van der Waals surface area contributed by atoms with E-state index >= 15 is 0 Å². The minimum atomic E-state index is -0.514. The fourth-order valence-electron chi connectivity index (χ4n) is 3.27. The number of hydrogen-bond donors (Lipinski definition) is 0. The van der Waals surface area contributed by atoms with Crippen LogP contribution in [0.25, 0.3) is 0 Å².